The summed E-state index contributed by atoms with van der Waals surface area (Å²) in [7, 11) is 0. The van der Waals surface area contributed by atoms with Crippen LogP contribution < -0.4 is 5.32 Å². The van der Waals surface area contributed by atoms with Crippen LogP contribution in [-0.2, 0) is 0 Å². The molecule has 8 nitrogen and oxygen atoms in total. The Kier molecular flexibility index (Phi) is 4.95. The quantitative estimate of drug-likeness (QED) is 0.617. The number of amides is 1. The third-order valence-electron chi connectivity index (χ3n) is 3.58. The van der Waals surface area contributed by atoms with Crippen LogP contribution in [0.3, 0.4) is 0 Å². The Labute approximate surface area is 157 Å². The van der Waals surface area contributed by atoms with E-state index < -0.39 is 17.8 Å². The smallest absolute Gasteiger partial charge is 0.335 e. The molecule has 3 N–H and O–H groups in total. The number of aromatic nitrogens is 2. The molecule has 0 saturated carbocycles. The first kappa shape index (κ1) is 18.2. The number of nitrogens with one attached hydrogen (secondary N) is 1. The maximum atomic E-state index is 12.5. The lowest BCUT2D eigenvalue weighted by Crippen LogP contribution is -2.13. The zero-order valence-electron chi connectivity index (χ0n) is 14.0. The minimum absolute atomic E-state index is 0.0782. The van der Waals surface area contributed by atoms with Gasteiger partial charge in [0, 0.05) is 16.8 Å². The van der Waals surface area contributed by atoms with Gasteiger partial charge in [-0.1, -0.05) is 23.5 Å². The number of aryl methyl sites for hydroxylation is 1. The lowest BCUT2D eigenvalue weighted by atomic mass is 10.1. The molecule has 0 aliphatic rings. The molecule has 0 bridgehead atoms. The van der Waals surface area contributed by atoms with E-state index in [2.05, 4.69) is 15.5 Å². The van der Waals surface area contributed by atoms with Crippen molar-refractivity contribution in [2.45, 2.75) is 6.92 Å². The van der Waals surface area contributed by atoms with Gasteiger partial charge in [0.25, 0.3) is 5.91 Å². The number of carbonyl (C=O) groups excluding carboxylic acids is 1. The zero-order valence-corrected chi connectivity index (χ0v) is 14.8. The van der Waals surface area contributed by atoms with Crippen molar-refractivity contribution in [1.29, 1.82) is 0 Å². The molecule has 0 unspecified atom stereocenters. The van der Waals surface area contributed by atoms with Gasteiger partial charge in [0.2, 0.25) is 0 Å². The van der Waals surface area contributed by atoms with Crippen LogP contribution in [0, 0.1) is 6.92 Å². The van der Waals surface area contributed by atoms with E-state index in [1.807, 2.05) is 6.92 Å². The highest BCUT2D eigenvalue weighted by Crippen LogP contribution is 2.24. The zero-order chi connectivity index (χ0) is 19.6. The summed E-state index contributed by atoms with van der Waals surface area (Å²) in [5.74, 6) is -3.08. The topological polar surface area (TPSA) is 129 Å². The van der Waals surface area contributed by atoms with Crippen molar-refractivity contribution in [3.8, 4) is 10.6 Å². The van der Waals surface area contributed by atoms with E-state index in [0.717, 1.165) is 16.6 Å². The van der Waals surface area contributed by atoms with Gasteiger partial charge in [-0.25, -0.2) is 9.59 Å². The lowest BCUT2D eigenvalue weighted by molar-refractivity contribution is 0.0696. The van der Waals surface area contributed by atoms with Crippen LogP contribution >= 0.6 is 11.3 Å². The summed E-state index contributed by atoms with van der Waals surface area (Å²) in [6, 6.07) is 10.1. The van der Waals surface area contributed by atoms with E-state index in [1.54, 1.807) is 24.3 Å². The van der Waals surface area contributed by atoms with Crippen molar-refractivity contribution in [2.24, 2.45) is 0 Å². The second-order valence-electron chi connectivity index (χ2n) is 5.57. The van der Waals surface area contributed by atoms with Gasteiger partial charge in [0.1, 0.15) is 10.0 Å². The second-order valence-corrected chi connectivity index (χ2v) is 6.75. The van der Waals surface area contributed by atoms with E-state index in [0.29, 0.717) is 10.6 Å². The molecule has 0 fully saturated rings. The maximum absolute atomic E-state index is 12.5. The van der Waals surface area contributed by atoms with Crippen molar-refractivity contribution in [3.63, 3.8) is 0 Å². The first-order valence-electron chi connectivity index (χ1n) is 7.67. The fraction of sp³-hybridized carbons (Fsp3) is 0.0556. The van der Waals surface area contributed by atoms with E-state index in [9.17, 15) is 14.4 Å². The number of hydrogen-bond acceptors (Lipinski definition) is 6. The van der Waals surface area contributed by atoms with E-state index in [4.69, 9.17) is 10.2 Å². The lowest BCUT2D eigenvalue weighted by Gasteiger charge is -2.08. The standard InChI is InChI=1S/C18H13N3O5S/c1-9-20-21-16(27-9)11-4-2-3-10(5-11)15(22)19-14-7-12(17(23)24)6-13(8-14)18(25)26/h2-8H,1H3,(H,19,22)(H,23,24)(H,25,26). The molecule has 2 aromatic carbocycles. The minimum atomic E-state index is -1.29. The van der Waals surface area contributed by atoms with Crippen molar-refractivity contribution in [1.82, 2.24) is 10.2 Å². The summed E-state index contributed by atoms with van der Waals surface area (Å²) in [5.41, 5.74) is 0.651. The second kappa shape index (κ2) is 7.34. The summed E-state index contributed by atoms with van der Waals surface area (Å²) in [6.07, 6.45) is 0. The van der Waals surface area contributed by atoms with Crippen LogP contribution in [0.5, 0.6) is 0 Å². The summed E-state index contributed by atoms with van der Waals surface area (Å²) in [5, 5.41) is 30.2. The van der Waals surface area contributed by atoms with Gasteiger partial charge in [-0.3, -0.25) is 4.79 Å². The van der Waals surface area contributed by atoms with Crippen LogP contribution in [0.2, 0.25) is 0 Å². The van der Waals surface area contributed by atoms with Crippen molar-refractivity contribution < 1.29 is 24.6 Å². The fourth-order valence-corrected chi connectivity index (χ4v) is 3.04. The van der Waals surface area contributed by atoms with Crippen molar-refractivity contribution >= 4 is 34.9 Å². The molecule has 27 heavy (non-hydrogen) atoms. The number of rotatable bonds is 5. The van der Waals surface area contributed by atoms with Crippen LogP contribution in [-0.4, -0.2) is 38.3 Å². The Hall–Kier alpha value is -3.59. The van der Waals surface area contributed by atoms with Gasteiger partial charge in [-0.2, -0.15) is 0 Å². The molecule has 0 aliphatic carbocycles. The average molecular weight is 383 g/mol. The predicted molar refractivity (Wildman–Crippen MR) is 98.4 cm³/mol. The van der Waals surface area contributed by atoms with Crippen molar-refractivity contribution in [2.75, 3.05) is 5.32 Å². The van der Waals surface area contributed by atoms with Crippen LogP contribution in [0.15, 0.2) is 42.5 Å². The van der Waals surface area contributed by atoms with Crippen LogP contribution in [0.25, 0.3) is 10.6 Å². The highest BCUT2D eigenvalue weighted by atomic mass is 32.1. The molecule has 136 valence electrons. The number of hydrogen-bond donors (Lipinski definition) is 3. The molecular formula is C18H13N3O5S. The van der Waals surface area contributed by atoms with Gasteiger partial charge in [-0.05, 0) is 37.3 Å². The molecule has 9 heteroatoms. The number of nitrogens with zero attached hydrogens (tertiary/aromatic N) is 2. The molecule has 0 aliphatic heterocycles. The Morgan fingerprint density at radius 3 is 2.15 bits per heavy atom. The molecule has 0 saturated heterocycles. The number of carboxylic acid groups (broad SMARTS) is 2. The highest BCUT2D eigenvalue weighted by Gasteiger charge is 2.14. The Bertz CT molecular complexity index is 1030. The summed E-state index contributed by atoms with van der Waals surface area (Å²) >= 11 is 1.39. The monoisotopic (exact) mass is 383 g/mol. The maximum Gasteiger partial charge on any atom is 0.335 e. The van der Waals surface area contributed by atoms with Crippen molar-refractivity contribution in [3.05, 3.63) is 64.2 Å². The van der Waals surface area contributed by atoms with Gasteiger partial charge >= 0.3 is 11.9 Å². The molecule has 3 rings (SSSR count). The molecule has 3 aromatic rings. The molecule has 0 radical (unpaired) electrons. The Morgan fingerprint density at radius 2 is 1.59 bits per heavy atom. The number of anilines is 1. The van der Waals surface area contributed by atoms with Crippen LogP contribution in [0.1, 0.15) is 36.1 Å². The van der Waals surface area contributed by atoms with E-state index >= 15 is 0 Å². The number of aromatic carboxylic acids is 2. The van der Waals surface area contributed by atoms with Gasteiger partial charge in [0.05, 0.1) is 11.1 Å². The third kappa shape index (κ3) is 4.15. The SMILES string of the molecule is Cc1nnc(-c2cccc(C(=O)Nc3cc(C(=O)O)cc(C(=O)O)c3)c2)s1. The van der Waals surface area contributed by atoms with Gasteiger partial charge in [-0.15, -0.1) is 10.2 Å². The molecule has 1 amide bonds. The first-order valence-corrected chi connectivity index (χ1v) is 8.48. The molecule has 0 spiro atoms. The Morgan fingerprint density at radius 1 is 0.926 bits per heavy atom. The number of carboxylic acids is 2. The fourth-order valence-electron chi connectivity index (χ4n) is 2.36. The molecular weight excluding hydrogens is 370 g/mol. The third-order valence-corrected chi connectivity index (χ3v) is 4.47. The van der Waals surface area contributed by atoms with Crippen LogP contribution in [0.4, 0.5) is 5.69 Å². The molecule has 1 heterocycles. The Balaban J connectivity index is 1.89. The highest BCUT2D eigenvalue weighted by molar-refractivity contribution is 7.14. The molecule has 0 atom stereocenters. The van der Waals surface area contributed by atoms with E-state index in [1.165, 1.54) is 23.5 Å². The summed E-state index contributed by atoms with van der Waals surface area (Å²) in [4.78, 5) is 34.9. The van der Waals surface area contributed by atoms with E-state index in [-0.39, 0.29) is 16.8 Å². The largest absolute Gasteiger partial charge is 0.478 e. The number of carbonyl (C=O) groups is 3. The summed E-state index contributed by atoms with van der Waals surface area (Å²) in [6.45, 7) is 1.83. The first-order chi connectivity index (χ1) is 12.8. The molecule has 1 aromatic heterocycles. The summed E-state index contributed by atoms with van der Waals surface area (Å²) < 4.78 is 0. The van der Waals surface area contributed by atoms with Gasteiger partial charge in [0.15, 0.2) is 0 Å². The van der Waals surface area contributed by atoms with Gasteiger partial charge < -0.3 is 15.5 Å². The normalized spacial score (nSPS) is 10.4. The average Bonchev–Trinajstić information content (AvgIpc) is 3.08. The number of benzene rings is 2. The predicted octanol–water partition coefficient (Wildman–Crippen LogP) is 3.16. The minimum Gasteiger partial charge on any atom is -0.478 e.